The number of aliphatic hydroxyl groups is 1. The van der Waals surface area contributed by atoms with Crippen LogP contribution in [0.5, 0.6) is 0 Å². The van der Waals surface area contributed by atoms with Crippen molar-refractivity contribution >= 4 is 39.5 Å². The van der Waals surface area contributed by atoms with E-state index in [1.54, 1.807) is 0 Å². The lowest BCUT2D eigenvalue weighted by Gasteiger charge is -2.21. The van der Waals surface area contributed by atoms with Gasteiger partial charge in [0.05, 0.1) is 26.4 Å². The third-order valence-corrected chi connectivity index (χ3v) is 22.9. The summed E-state index contributed by atoms with van der Waals surface area (Å²) in [5.74, 6) is 0.275. The van der Waals surface area contributed by atoms with Crippen LogP contribution in [0.15, 0.2) is 0 Å². The van der Waals surface area contributed by atoms with Gasteiger partial charge in [-0.1, -0.05) is 395 Å². The number of rotatable bonds is 83. The molecule has 0 fully saturated rings. The third kappa shape index (κ3) is 74.2. The summed E-state index contributed by atoms with van der Waals surface area (Å²) in [6, 6.07) is 0. The van der Waals surface area contributed by atoms with Gasteiger partial charge in [-0.25, -0.2) is 9.13 Å². The molecule has 0 radical (unpaired) electrons. The van der Waals surface area contributed by atoms with Crippen molar-refractivity contribution in [2.75, 3.05) is 39.6 Å². The average Bonchev–Trinajstić information content (AvgIpc) is 0.905. The Morgan fingerprint density at radius 3 is 0.683 bits per heavy atom. The molecule has 0 aromatic rings. The maximum atomic E-state index is 13.1. The number of hydrogen-bond donors (Lipinski definition) is 3. The smallest absolute Gasteiger partial charge is 0.462 e. The van der Waals surface area contributed by atoms with Gasteiger partial charge < -0.3 is 33.8 Å². The highest BCUT2D eigenvalue weighted by Gasteiger charge is 2.30. The SMILES string of the molecule is CCCCCCCCCCCCCCCCCCCCCCCCC(=O)O[C@H](COC(=O)CCCCCCCCCCCCCCCCC(C)CC)COP(=O)(O)OC[C@@H](O)COP(=O)(O)OC[C@@H](COC(=O)CCCCCCCCC(C)CC)OC(=O)CCCCCCCCCCCCC(C)CC. The number of carbonyl (C=O) groups excluding carboxylic acids is 4. The first kappa shape index (κ1) is 102. The lowest BCUT2D eigenvalue weighted by Crippen LogP contribution is -2.30. The zero-order valence-electron chi connectivity index (χ0n) is 68.5. The Labute approximate surface area is 638 Å². The topological polar surface area (TPSA) is 237 Å². The second kappa shape index (κ2) is 75.1. The quantitative estimate of drug-likeness (QED) is 0.0222. The van der Waals surface area contributed by atoms with Crippen LogP contribution in [0.25, 0.3) is 0 Å². The van der Waals surface area contributed by atoms with Crippen LogP contribution >= 0.6 is 15.6 Å². The van der Waals surface area contributed by atoms with Gasteiger partial charge in [-0.05, 0) is 43.4 Å². The minimum Gasteiger partial charge on any atom is -0.462 e. The summed E-state index contributed by atoms with van der Waals surface area (Å²) in [6.45, 7) is 12.0. The van der Waals surface area contributed by atoms with Crippen LogP contribution in [0.1, 0.15) is 447 Å². The minimum absolute atomic E-state index is 0.105. The van der Waals surface area contributed by atoms with Gasteiger partial charge >= 0.3 is 39.5 Å². The van der Waals surface area contributed by atoms with E-state index in [0.29, 0.717) is 25.7 Å². The molecule has 0 aromatic carbocycles. The van der Waals surface area contributed by atoms with Gasteiger partial charge in [0.25, 0.3) is 0 Å². The molecule has 0 rings (SSSR count). The lowest BCUT2D eigenvalue weighted by atomic mass is 9.99. The first-order valence-electron chi connectivity index (χ1n) is 44.0. The predicted octanol–water partition coefficient (Wildman–Crippen LogP) is 25.7. The number of ether oxygens (including phenoxy) is 4. The maximum absolute atomic E-state index is 13.1. The maximum Gasteiger partial charge on any atom is 0.472 e. The van der Waals surface area contributed by atoms with Crippen LogP contribution in [0.4, 0.5) is 0 Å². The molecule has 8 atom stereocenters. The lowest BCUT2D eigenvalue weighted by molar-refractivity contribution is -0.161. The molecule has 618 valence electrons. The molecular weight excluding hydrogens is 1350 g/mol. The Bertz CT molecular complexity index is 2010. The van der Waals surface area contributed by atoms with Crippen molar-refractivity contribution in [3.8, 4) is 0 Å². The molecule has 0 amide bonds. The van der Waals surface area contributed by atoms with Crippen LogP contribution in [-0.2, 0) is 65.4 Å². The highest BCUT2D eigenvalue weighted by Crippen LogP contribution is 2.45. The molecule has 17 nitrogen and oxygen atoms in total. The zero-order valence-corrected chi connectivity index (χ0v) is 70.3. The molecule has 0 aromatic heterocycles. The van der Waals surface area contributed by atoms with Gasteiger partial charge in [0.1, 0.15) is 19.3 Å². The van der Waals surface area contributed by atoms with Crippen molar-refractivity contribution in [2.24, 2.45) is 17.8 Å². The van der Waals surface area contributed by atoms with Crippen LogP contribution < -0.4 is 0 Å². The number of unbranched alkanes of at least 4 members (excludes halogenated alkanes) is 48. The Hall–Kier alpha value is -1.94. The van der Waals surface area contributed by atoms with Crippen molar-refractivity contribution in [1.82, 2.24) is 0 Å². The molecule has 0 saturated carbocycles. The first-order chi connectivity index (χ1) is 50.3. The van der Waals surface area contributed by atoms with Crippen LogP contribution in [-0.4, -0.2) is 96.7 Å². The summed E-state index contributed by atoms with van der Waals surface area (Å²) < 4.78 is 68.8. The molecule has 0 heterocycles. The molecule has 104 heavy (non-hydrogen) atoms. The summed E-state index contributed by atoms with van der Waals surface area (Å²) in [7, 11) is -9.93. The average molecular weight is 1520 g/mol. The standard InChI is InChI=1S/C85H166O17P2/c1-8-12-13-14-15-16-17-18-19-20-21-22-23-24-25-26-31-34-40-45-54-61-68-84(89)101-80(72-95-82(87)66-59-52-44-39-33-30-28-27-29-32-37-42-49-56-63-76(5)9-2)74-99-103(91,92)97-70-79(86)71-98-104(93,94)100-75-81(73-96-83(88)67-60-53-48-47-51-58-65-78(7)11-4)102-85(90)69-62-55-46-41-36-35-38-43-50-57-64-77(6)10-3/h76-81,86H,8-75H2,1-7H3,(H,91,92)(H,93,94)/t76?,77?,78?,79-,80-,81-/m1/s1. The summed E-state index contributed by atoms with van der Waals surface area (Å²) in [5.41, 5.74) is 0. The molecule has 5 unspecified atom stereocenters. The van der Waals surface area contributed by atoms with Gasteiger partial charge in [0.15, 0.2) is 12.2 Å². The number of aliphatic hydroxyl groups excluding tert-OH is 1. The number of hydrogen-bond acceptors (Lipinski definition) is 15. The fourth-order valence-corrected chi connectivity index (χ4v) is 14.7. The van der Waals surface area contributed by atoms with Crippen LogP contribution in [0.2, 0.25) is 0 Å². The number of phosphoric ester groups is 2. The van der Waals surface area contributed by atoms with Crippen LogP contribution in [0, 0.1) is 17.8 Å². The van der Waals surface area contributed by atoms with E-state index in [1.165, 1.54) is 250 Å². The Balaban J connectivity index is 5.23. The van der Waals surface area contributed by atoms with E-state index in [1.807, 2.05) is 0 Å². The summed E-state index contributed by atoms with van der Waals surface area (Å²) in [4.78, 5) is 73.2. The summed E-state index contributed by atoms with van der Waals surface area (Å²) in [6.07, 6.45) is 65.3. The van der Waals surface area contributed by atoms with Gasteiger partial charge in [-0.15, -0.1) is 0 Å². The second-order valence-electron chi connectivity index (χ2n) is 31.3. The summed E-state index contributed by atoms with van der Waals surface area (Å²) >= 11 is 0. The van der Waals surface area contributed by atoms with E-state index in [2.05, 4.69) is 48.5 Å². The zero-order chi connectivity index (χ0) is 76.5. The number of carbonyl (C=O) groups is 4. The van der Waals surface area contributed by atoms with E-state index in [4.69, 9.17) is 37.0 Å². The fourth-order valence-electron chi connectivity index (χ4n) is 13.1. The molecule has 19 heteroatoms. The molecule has 0 saturated heterocycles. The number of esters is 4. The van der Waals surface area contributed by atoms with Gasteiger partial charge in [0.2, 0.25) is 0 Å². The highest BCUT2D eigenvalue weighted by atomic mass is 31.2. The van der Waals surface area contributed by atoms with E-state index in [-0.39, 0.29) is 25.7 Å². The molecule has 0 bridgehead atoms. The predicted molar refractivity (Wildman–Crippen MR) is 428 cm³/mol. The Kier molecular flexibility index (Phi) is 73.7. The molecule has 0 spiro atoms. The highest BCUT2D eigenvalue weighted by molar-refractivity contribution is 7.47. The van der Waals surface area contributed by atoms with E-state index < -0.39 is 97.5 Å². The second-order valence-corrected chi connectivity index (χ2v) is 34.2. The van der Waals surface area contributed by atoms with Gasteiger partial charge in [-0.2, -0.15) is 0 Å². The molecule has 0 aliphatic carbocycles. The van der Waals surface area contributed by atoms with Crippen molar-refractivity contribution < 1.29 is 80.2 Å². The largest absolute Gasteiger partial charge is 0.472 e. The minimum atomic E-state index is -4.97. The molecule has 0 aliphatic heterocycles. The van der Waals surface area contributed by atoms with E-state index in [0.717, 1.165) is 114 Å². The Morgan fingerprint density at radius 1 is 0.269 bits per heavy atom. The van der Waals surface area contributed by atoms with Crippen molar-refractivity contribution in [2.45, 2.75) is 465 Å². The first-order valence-corrected chi connectivity index (χ1v) is 47.0. The van der Waals surface area contributed by atoms with Crippen molar-refractivity contribution in [3.05, 3.63) is 0 Å². The normalized spacial score (nSPS) is 14.7. The van der Waals surface area contributed by atoms with Gasteiger partial charge in [-0.3, -0.25) is 37.3 Å². The molecule has 3 N–H and O–H groups in total. The fraction of sp³-hybridized carbons (Fsp3) is 0.953. The van der Waals surface area contributed by atoms with E-state index in [9.17, 15) is 43.2 Å². The molecule has 0 aliphatic rings. The van der Waals surface area contributed by atoms with Crippen molar-refractivity contribution in [3.63, 3.8) is 0 Å². The van der Waals surface area contributed by atoms with Crippen molar-refractivity contribution in [1.29, 1.82) is 0 Å². The number of phosphoric acid groups is 2. The molecular formula is C85H166O17P2. The van der Waals surface area contributed by atoms with E-state index >= 15 is 0 Å². The third-order valence-electron chi connectivity index (χ3n) is 21.0. The Morgan fingerprint density at radius 2 is 0.462 bits per heavy atom. The monoisotopic (exact) mass is 1520 g/mol. The van der Waals surface area contributed by atoms with Crippen LogP contribution in [0.3, 0.4) is 0 Å². The summed E-state index contributed by atoms with van der Waals surface area (Å²) in [5, 5.41) is 10.7. The van der Waals surface area contributed by atoms with Gasteiger partial charge in [0, 0.05) is 25.7 Å².